The minimum Gasteiger partial charge on any atom is -0.477 e. The summed E-state index contributed by atoms with van der Waals surface area (Å²) in [6, 6.07) is 0. The zero-order chi connectivity index (χ0) is 50.6. The van der Waals surface area contributed by atoms with Crippen molar-refractivity contribution < 1.29 is 51.9 Å². The maximum absolute atomic E-state index is 13.6. The molecule has 0 aromatic carbocycles. The third kappa shape index (κ3) is 35.4. The van der Waals surface area contributed by atoms with Crippen LogP contribution in [0.2, 0.25) is 0 Å². The van der Waals surface area contributed by atoms with E-state index in [2.05, 4.69) is 30.8 Å². The van der Waals surface area contributed by atoms with Gasteiger partial charge in [0.1, 0.15) is 36.1 Å². The Morgan fingerprint density at radius 3 is 1.31 bits per heavy atom. The maximum atomic E-state index is 13.6. The van der Waals surface area contributed by atoms with Crippen molar-refractivity contribution in [3.05, 3.63) is 0 Å². The number of unbranched alkanes of at least 4 members (excludes halogenated alkanes) is 26. The van der Waals surface area contributed by atoms with Gasteiger partial charge in [-0.3, -0.25) is 22.4 Å². The number of carbonyl (C=O) groups is 3. The molecular formula is C51H101O11P4S2-. The quantitative estimate of drug-likeness (QED) is 0.0197. The van der Waals surface area contributed by atoms with Gasteiger partial charge >= 0.3 is 17.9 Å². The molecule has 404 valence electrons. The van der Waals surface area contributed by atoms with E-state index >= 15 is 0 Å². The van der Waals surface area contributed by atoms with Crippen LogP contribution < -0.4 is 0 Å². The fourth-order valence-electron chi connectivity index (χ4n) is 7.24. The van der Waals surface area contributed by atoms with E-state index in [1.807, 2.05) is 6.92 Å². The van der Waals surface area contributed by atoms with E-state index < -0.39 is 80.5 Å². The smallest absolute Gasteiger partial charge is 0.318 e. The van der Waals surface area contributed by atoms with Crippen LogP contribution >= 0.6 is 31.3 Å². The minimum atomic E-state index is -1.60. The Kier molecular flexibility index (Phi) is 46.0. The van der Waals surface area contributed by atoms with Gasteiger partial charge in [0.25, 0.3) is 0 Å². The summed E-state index contributed by atoms with van der Waals surface area (Å²) >= 11 is 0. The van der Waals surface area contributed by atoms with Gasteiger partial charge in [0.05, 0.1) is 26.4 Å². The van der Waals surface area contributed by atoms with E-state index in [1.165, 1.54) is 167 Å². The number of carbonyl (C=O) groups excluding carboxylic acids is 3. The summed E-state index contributed by atoms with van der Waals surface area (Å²) in [4.78, 5) is 40.6. The number of hydrogen-bond acceptors (Lipinski definition) is 12. The third-order valence-electron chi connectivity index (χ3n) is 12.4. The first-order valence-electron chi connectivity index (χ1n) is 26.6. The van der Waals surface area contributed by atoms with Crippen LogP contribution in [0.15, 0.2) is 0 Å². The van der Waals surface area contributed by atoms with E-state index in [0.29, 0.717) is 6.61 Å². The fourth-order valence-corrected chi connectivity index (χ4v) is 14.1. The van der Waals surface area contributed by atoms with Crippen molar-refractivity contribution in [2.45, 2.75) is 221 Å². The topological polar surface area (TPSA) is 147 Å². The standard InChI is InChI=1S/C51H101O11P4S2/c1-7-10-12-14-16-18-20-22-24-26-28-30-32-34-38-65-68(64)62-45-50(5,41-53)47(55)60-43-51(6,48(56)58-37-36-57-9-3)42-59-46(54)49(4,40-52)44-61-67(66-63)39-35-33-31-29-27-25-23-21-19-17-15-13-11-8-2/h52-53,64H,7-45,63H2,1-6H3/q-1. The molecule has 0 radical (unpaired) electrons. The fraction of sp³-hybridized carbons (Fsp3) is 0.941. The van der Waals surface area contributed by atoms with E-state index in [4.69, 9.17) is 27.3 Å². The first kappa shape index (κ1) is 68.2. The number of aliphatic hydroxyl groups excluding tert-OH is 2. The van der Waals surface area contributed by atoms with E-state index in [-0.39, 0.29) is 26.4 Å². The van der Waals surface area contributed by atoms with Gasteiger partial charge in [-0.2, -0.15) is 0 Å². The van der Waals surface area contributed by atoms with Gasteiger partial charge in [0.15, 0.2) is 0 Å². The van der Waals surface area contributed by atoms with Crippen molar-refractivity contribution in [1.82, 2.24) is 0 Å². The normalized spacial score (nSPS) is 15.4. The lowest BCUT2D eigenvalue weighted by molar-refractivity contribution is -0.179. The predicted octanol–water partition coefficient (Wildman–Crippen LogP) is 14.3. The molecule has 0 amide bonds. The van der Waals surface area contributed by atoms with Gasteiger partial charge in [-0.05, 0) is 64.1 Å². The highest BCUT2D eigenvalue weighted by atomic mass is 32.7. The van der Waals surface area contributed by atoms with Crippen LogP contribution in [0.5, 0.6) is 0 Å². The summed E-state index contributed by atoms with van der Waals surface area (Å²) in [6.07, 6.45) is 37.5. The number of rotatable bonds is 49. The molecule has 0 fully saturated rings. The lowest BCUT2D eigenvalue weighted by atomic mass is 9.90. The van der Waals surface area contributed by atoms with Crippen molar-refractivity contribution in [2.75, 3.05) is 71.4 Å². The second-order valence-corrected chi connectivity index (χ2v) is 30.0. The largest absolute Gasteiger partial charge is 0.477 e. The Morgan fingerprint density at radius 2 is 0.912 bits per heavy atom. The summed E-state index contributed by atoms with van der Waals surface area (Å²) < 4.78 is 34.4. The summed E-state index contributed by atoms with van der Waals surface area (Å²) in [6.45, 7) is 9.34. The summed E-state index contributed by atoms with van der Waals surface area (Å²) in [5.74, 6) is -1.39. The summed E-state index contributed by atoms with van der Waals surface area (Å²) in [5, 5.41) is 20.7. The highest BCUT2D eigenvalue weighted by Gasteiger charge is 2.43. The Morgan fingerprint density at radius 1 is 0.529 bits per heavy atom. The van der Waals surface area contributed by atoms with Crippen LogP contribution in [0.3, 0.4) is 0 Å². The van der Waals surface area contributed by atoms with Gasteiger partial charge in [-0.1, -0.05) is 190 Å². The molecule has 0 heterocycles. The van der Waals surface area contributed by atoms with Crippen molar-refractivity contribution in [1.29, 1.82) is 0 Å². The molecule has 68 heavy (non-hydrogen) atoms. The zero-order valence-corrected chi connectivity index (χ0v) is 49.5. The molecule has 2 N–H and O–H groups in total. The first-order valence-corrected chi connectivity index (χ1v) is 35.1. The Hall–Kier alpha value is 0.240. The van der Waals surface area contributed by atoms with Crippen LogP contribution in [0.25, 0.3) is 0 Å². The van der Waals surface area contributed by atoms with Crippen molar-refractivity contribution in [2.24, 2.45) is 16.2 Å². The highest BCUT2D eigenvalue weighted by molar-refractivity contribution is 8.36. The number of hydrogen-bond donors (Lipinski definition) is 2. The van der Waals surface area contributed by atoms with Crippen LogP contribution in [-0.4, -0.2) is 99.5 Å². The predicted molar refractivity (Wildman–Crippen MR) is 297 cm³/mol. The van der Waals surface area contributed by atoms with Crippen molar-refractivity contribution >= 4 is 69.1 Å². The van der Waals surface area contributed by atoms with Gasteiger partial charge in [-0.25, -0.2) is 7.36 Å². The van der Waals surface area contributed by atoms with E-state index in [0.717, 1.165) is 45.6 Å². The molecule has 0 aromatic heterocycles. The molecule has 0 rings (SSSR count). The number of aliphatic hydroxyl groups is 2. The lowest BCUT2D eigenvalue weighted by Gasteiger charge is -2.32. The maximum Gasteiger partial charge on any atom is 0.318 e. The molecule has 0 aliphatic carbocycles. The summed E-state index contributed by atoms with van der Waals surface area (Å²) in [7, 11) is 7.35. The van der Waals surface area contributed by atoms with Crippen LogP contribution in [0.1, 0.15) is 221 Å². The third-order valence-corrected chi connectivity index (χ3v) is 21.5. The van der Waals surface area contributed by atoms with Crippen LogP contribution in [0, 0.1) is 16.2 Å². The summed E-state index contributed by atoms with van der Waals surface area (Å²) in [5.41, 5.74) is -4.40. The van der Waals surface area contributed by atoms with Gasteiger partial charge < -0.3 is 47.1 Å². The molecule has 0 aliphatic heterocycles. The molecule has 5 atom stereocenters. The molecule has 0 aromatic rings. The first-order chi connectivity index (χ1) is 32.8. The van der Waals surface area contributed by atoms with Crippen molar-refractivity contribution in [3.63, 3.8) is 0 Å². The molecule has 0 saturated heterocycles. The SMILES string of the molecule is CCCCCCCCCCCCCCCCP=[S-](=P)OCC(C)(CO)C(=O)OCC(C)(COC(=O)C(C)(CO)COS(CCCCCCCCCCCCCCCC)=PP)C(=O)OCCOCC. The molecule has 0 bridgehead atoms. The second kappa shape index (κ2) is 45.8. The molecule has 0 saturated carbocycles. The van der Waals surface area contributed by atoms with Gasteiger partial charge in [0, 0.05) is 19.0 Å². The van der Waals surface area contributed by atoms with E-state index in [9.17, 15) is 24.6 Å². The monoisotopic (exact) mass is 1080 g/mol. The average molecular weight is 1080 g/mol. The Labute approximate surface area is 427 Å². The molecule has 11 nitrogen and oxygen atoms in total. The minimum absolute atomic E-state index is 0.0453. The molecule has 17 heteroatoms. The Balaban J connectivity index is 5.00. The molecule has 0 aliphatic rings. The lowest BCUT2D eigenvalue weighted by Crippen LogP contribution is -2.46. The highest BCUT2D eigenvalue weighted by Crippen LogP contribution is 2.29. The van der Waals surface area contributed by atoms with Gasteiger partial charge in [0.2, 0.25) is 0 Å². The molecular weight excluding hydrogens is 977 g/mol. The van der Waals surface area contributed by atoms with E-state index in [1.54, 1.807) is 13.8 Å². The number of esters is 3. The molecule has 5 unspecified atom stereocenters. The Bertz CT molecular complexity index is 1390. The average Bonchev–Trinajstić information content (AvgIpc) is 3.34. The van der Waals surface area contributed by atoms with Crippen LogP contribution in [-0.2, 0) is 61.6 Å². The van der Waals surface area contributed by atoms with Gasteiger partial charge in [-0.15, -0.1) is 0 Å². The van der Waals surface area contributed by atoms with Crippen molar-refractivity contribution in [3.8, 4) is 0 Å². The van der Waals surface area contributed by atoms with Crippen LogP contribution in [0.4, 0.5) is 0 Å². The zero-order valence-electron chi connectivity index (χ0n) is 43.9. The molecule has 0 spiro atoms. The second-order valence-electron chi connectivity index (χ2n) is 19.4. The number of ether oxygens (including phenoxy) is 4.